The maximum absolute atomic E-state index is 5.93. The van der Waals surface area contributed by atoms with E-state index in [1.165, 1.54) is 5.56 Å². The van der Waals surface area contributed by atoms with Crippen molar-refractivity contribution < 1.29 is 4.74 Å². The van der Waals surface area contributed by atoms with Crippen LogP contribution in [0.4, 0.5) is 0 Å². The van der Waals surface area contributed by atoms with E-state index < -0.39 is 0 Å². The maximum Gasteiger partial charge on any atom is 0.164 e. The van der Waals surface area contributed by atoms with Gasteiger partial charge in [0, 0.05) is 12.0 Å². The Hall–Kier alpha value is -1.88. The molecule has 0 aliphatic carbocycles. The molecular weight excluding hydrogens is 264 g/mol. The van der Waals surface area contributed by atoms with Crippen LogP contribution in [0.5, 0.6) is 5.75 Å². The monoisotopic (exact) mass is 286 g/mol. The van der Waals surface area contributed by atoms with Crippen LogP contribution in [-0.2, 0) is 19.5 Å². The van der Waals surface area contributed by atoms with Gasteiger partial charge in [-0.05, 0) is 32.4 Å². The summed E-state index contributed by atoms with van der Waals surface area (Å²) in [5, 5.41) is 7.89. The zero-order chi connectivity index (χ0) is 14.9. The molecule has 5 nitrogen and oxygen atoms in total. The molecule has 21 heavy (non-hydrogen) atoms. The second-order valence-electron chi connectivity index (χ2n) is 6.54. The molecule has 1 aromatic heterocycles. The predicted octanol–water partition coefficient (Wildman–Crippen LogP) is 2.17. The van der Waals surface area contributed by atoms with Crippen LogP contribution in [0.3, 0.4) is 0 Å². The van der Waals surface area contributed by atoms with Crippen molar-refractivity contribution in [3.05, 3.63) is 42.0 Å². The molecule has 1 aliphatic rings. The number of para-hydroxylation sites is 1. The van der Waals surface area contributed by atoms with E-state index in [2.05, 4.69) is 48.3 Å². The molecule has 112 valence electrons. The van der Waals surface area contributed by atoms with Gasteiger partial charge in [-0.25, -0.2) is 9.67 Å². The first-order chi connectivity index (χ1) is 9.99. The van der Waals surface area contributed by atoms with Gasteiger partial charge in [0.15, 0.2) is 5.82 Å². The molecule has 0 saturated heterocycles. The van der Waals surface area contributed by atoms with Gasteiger partial charge in [0.05, 0.1) is 13.1 Å². The molecule has 0 saturated carbocycles. The standard InChI is InChI=1S/C16H22N4O/c1-16(2,3)18-9-15-17-11-20(19-15)10-13-8-12-6-4-5-7-14(12)21-13/h4-7,11,13,18H,8-10H2,1-3H3. The van der Waals surface area contributed by atoms with Crippen LogP contribution in [0, 0.1) is 0 Å². The van der Waals surface area contributed by atoms with E-state index in [9.17, 15) is 0 Å². The van der Waals surface area contributed by atoms with Gasteiger partial charge < -0.3 is 10.1 Å². The molecule has 2 heterocycles. The van der Waals surface area contributed by atoms with Crippen LogP contribution in [0.2, 0.25) is 0 Å². The Kier molecular flexibility index (Phi) is 3.68. The number of ether oxygens (including phenoxy) is 1. The normalized spacial score (nSPS) is 17.6. The molecule has 3 rings (SSSR count). The van der Waals surface area contributed by atoms with Gasteiger partial charge in [0.1, 0.15) is 18.2 Å². The van der Waals surface area contributed by atoms with E-state index in [1.807, 2.05) is 16.8 Å². The quantitative estimate of drug-likeness (QED) is 0.936. The van der Waals surface area contributed by atoms with Crippen molar-refractivity contribution in [3.8, 4) is 5.75 Å². The zero-order valence-electron chi connectivity index (χ0n) is 12.8. The van der Waals surface area contributed by atoms with Crippen molar-refractivity contribution in [2.24, 2.45) is 0 Å². The lowest BCUT2D eigenvalue weighted by atomic mass is 10.1. The second-order valence-corrected chi connectivity index (χ2v) is 6.54. The topological polar surface area (TPSA) is 52.0 Å². The molecular formula is C16H22N4O. The highest BCUT2D eigenvalue weighted by atomic mass is 16.5. The molecule has 0 bridgehead atoms. The minimum absolute atomic E-state index is 0.0711. The molecule has 5 heteroatoms. The lowest BCUT2D eigenvalue weighted by Gasteiger charge is -2.19. The number of fused-ring (bicyclic) bond motifs is 1. The molecule has 2 aromatic rings. The summed E-state index contributed by atoms with van der Waals surface area (Å²) in [7, 11) is 0. The summed E-state index contributed by atoms with van der Waals surface area (Å²) in [6, 6.07) is 8.20. The van der Waals surface area contributed by atoms with Gasteiger partial charge in [0.2, 0.25) is 0 Å². The Morgan fingerprint density at radius 2 is 2.14 bits per heavy atom. The van der Waals surface area contributed by atoms with Gasteiger partial charge in [0.25, 0.3) is 0 Å². The van der Waals surface area contributed by atoms with Crippen molar-refractivity contribution >= 4 is 0 Å². The van der Waals surface area contributed by atoms with E-state index in [1.54, 1.807) is 6.33 Å². The SMILES string of the molecule is CC(C)(C)NCc1ncn(CC2Cc3ccccc3O2)n1. The summed E-state index contributed by atoms with van der Waals surface area (Å²) in [6.45, 7) is 7.81. The third-order valence-electron chi connectivity index (χ3n) is 3.47. The van der Waals surface area contributed by atoms with Crippen molar-refractivity contribution in [3.63, 3.8) is 0 Å². The summed E-state index contributed by atoms with van der Waals surface area (Å²) in [6.07, 6.45) is 2.87. The fourth-order valence-corrected chi connectivity index (χ4v) is 2.41. The maximum atomic E-state index is 5.93. The average molecular weight is 286 g/mol. The lowest BCUT2D eigenvalue weighted by molar-refractivity contribution is 0.203. The Morgan fingerprint density at radius 3 is 2.90 bits per heavy atom. The summed E-state index contributed by atoms with van der Waals surface area (Å²) in [4.78, 5) is 4.34. The highest BCUT2D eigenvalue weighted by molar-refractivity contribution is 5.37. The summed E-state index contributed by atoms with van der Waals surface area (Å²) in [5.74, 6) is 1.82. The average Bonchev–Trinajstić information content (AvgIpc) is 3.01. The minimum atomic E-state index is 0.0711. The van der Waals surface area contributed by atoms with Crippen LogP contribution in [0.25, 0.3) is 0 Å². The van der Waals surface area contributed by atoms with Crippen LogP contribution in [0.1, 0.15) is 32.2 Å². The van der Waals surface area contributed by atoms with E-state index in [4.69, 9.17) is 4.74 Å². The van der Waals surface area contributed by atoms with Crippen molar-refractivity contribution in [2.45, 2.75) is 51.9 Å². The fraction of sp³-hybridized carbons (Fsp3) is 0.500. The summed E-state index contributed by atoms with van der Waals surface area (Å²) in [5.41, 5.74) is 1.35. The number of hydrogen-bond acceptors (Lipinski definition) is 4. The molecule has 1 unspecified atom stereocenters. The highest BCUT2D eigenvalue weighted by Crippen LogP contribution is 2.28. The van der Waals surface area contributed by atoms with Crippen LogP contribution in [-0.4, -0.2) is 26.4 Å². The summed E-state index contributed by atoms with van der Waals surface area (Å²) < 4.78 is 7.80. The number of hydrogen-bond donors (Lipinski definition) is 1. The third kappa shape index (κ3) is 3.61. The molecule has 0 radical (unpaired) electrons. The zero-order valence-corrected chi connectivity index (χ0v) is 12.8. The van der Waals surface area contributed by atoms with Crippen LogP contribution >= 0.6 is 0 Å². The minimum Gasteiger partial charge on any atom is -0.488 e. The van der Waals surface area contributed by atoms with Crippen molar-refractivity contribution in [1.82, 2.24) is 20.1 Å². The molecule has 1 N–H and O–H groups in total. The Balaban J connectivity index is 1.56. The van der Waals surface area contributed by atoms with E-state index >= 15 is 0 Å². The molecule has 0 amide bonds. The molecule has 0 spiro atoms. The Bertz CT molecular complexity index is 590. The molecule has 1 atom stereocenters. The van der Waals surface area contributed by atoms with Gasteiger partial charge >= 0.3 is 0 Å². The van der Waals surface area contributed by atoms with Gasteiger partial charge in [-0.15, -0.1) is 0 Å². The van der Waals surface area contributed by atoms with Crippen molar-refractivity contribution in [1.29, 1.82) is 0 Å². The largest absolute Gasteiger partial charge is 0.488 e. The molecule has 1 aromatic carbocycles. The van der Waals surface area contributed by atoms with Gasteiger partial charge in [-0.1, -0.05) is 18.2 Å². The molecule has 0 fully saturated rings. The molecule has 1 aliphatic heterocycles. The first kappa shape index (κ1) is 14.1. The number of benzene rings is 1. The third-order valence-corrected chi connectivity index (χ3v) is 3.47. The second kappa shape index (κ2) is 5.48. The number of rotatable bonds is 4. The predicted molar refractivity (Wildman–Crippen MR) is 81.2 cm³/mol. The fourth-order valence-electron chi connectivity index (χ4n) is 2.41. The van der Waals surface area contributed by atoms with E-state index in [0.29, 0.717) is 6.54 Å². The Labute approximate surface area is 125 Å². The van der Waals surface area contributed by atoms with Crippen LogP contribution in [0.15, 0.2) is 30.6 Å². The number of nitrogens with zero attached hydrogens (tertiary/aromatic N) is 3. The first-order valence-electron chi connectivity index (χ1n) is 7.37. The number of nitrogens with one attached hydrogen (secondary N) is 1. The summed E-state index contributed by atoms with van der Waals surface area (Å²) >= 11 is 0. The van der Waals surface area contributed by atoms with Crippen LogP contribution < -0.4 is 10.1 Å². The van der Waals surface area contributed by atoms with Gasteiger partial charge in [-0.2, -0.15) is 5.10 Å². The smallest absolute Gasteiger partial charge is 0.164 e. The first-order valence-corrected chi connectivity index (χ1v) is 7.37. The number of aromatic nitrogens is 3. The van der Waals surface area contributed by atoms with E-state index in [0.717, 1.165) is 24.5 Å². The highest BCUT2D eigenvalue weighted by Gasteiger charge is 2.23. The van der Waals surface area contributed by atoms with Gasteiger partial charge in [-0.3, -0.25) is 0 Å². The lowest BCUT2D eigenvalue weighted by Crippen LogP contribution is -2.35. The Morgan fingerprint density at radius 1 is 1.33 bits per heavy atom. The van der Waals surface area contributed by atoms with E-state index in [-0.39, 0.29) is 11.6 Å². The van der Waals surface area contributed by atoms with Crippen molar-refractivity contribution in [2.75, 3.05) is 0 Å².